The monoisotopic (exact) mass is 495 g/mol. The third kappa shape index (κ3) is 7.56. The van der Waals surface area contributed by atoms with Crippen LogP contribution in [0.15, 0.2) is 54.6 Å². The van der Waals surface area contributed by atoms with E-state index in [1.165, 1.54) is 0 Å². The van der Waals surface area contributed by atoms with Gasteiger partial charge in [-0.3, -0.25) is 4.90 Å². The van der Waals surface area contributed by atoms with Crippen molar-refractivity contribution in [3.05, 3.63) is 60.2 Å². The number of aryl methyl sites for hydroxylation is 1. The number of nitrogens with zero attached hydrogens (tertiary/aromatic N) is 3. The molecule has 36 heavy (non-hydrogen) atoms. The summed E-state index contributed by atoms with van der Waals surface area (Å²) in [5, 5.41) is 15.7. The number of hydrogen-bond donors (Lipinski definition) is 1. The van der Waals surface area contributed by atoms with Crippen LogP contribution >= 0.6 is 0 Å². The average Bonchev–Trinajstić information content (AvgIpc) is 3.17. The molecule has 0 saturated carbocycles. The predicted molar refractivity (Wildman–Crippen MR) is 144 cm³/mol. The zero-order chi connectivity index (χ0) is 26.3. The van der Waals surface area contributed by atoms with E-state index in [-0.39, 0.29) is 18.2 Å². The molecule has 0 spiro atoms. The van der Waals surface area contributed by atoms with Crippen LogP contribution in [0.2, 0.25) is 0 Å². The minimum Gasteiger partial charge on any atom is -0.497 e. The molecule has 0 saturated heterocycles. The Kier molecular flexibility index (Phi) is 9.54. The molecule has 0 amide bonds. The topological polar surface area (TPSA) is 69.0 Å². The predicted octanol–water partition coefficient (Wildman–Crippen LogP) is 5.66. The van der Waals surface area contributed by atoms with Crippen LogP contribution in [0.1, 0.15) is 46.6 Å². The summed E-state index contributed by atoms with van der Waals surface area (Å²) in [6.07, 6.45) is 0.337. The smallest absolute Gasteiger partial charge is 0.222 e. The normalized spacial score (nSPS) is 13.6. The number of ether oxygens (including phenoxy) is 3. The van der Waals surface area contributed by atoms with E-state index in [4.69, 9.17) is 19.3 Å². The molecule has 3 rings (SSSR count). The highest BCUT2D eigenvalue weighted by atomic mass is 16.5. The van der Waals surface area contributed by atoms with Gasteiger partial charge in [0.2, 0.25) is 5.88 Å². The van der Waals surface area contributed by atoms with Crippen molar-refractivity contribution in [1.29, 1.82) is 0 Å². The van der Waals surface area contributed by atoms with Crippen molar-refractivity contribution >= 4 is 0 Å². The molecule has 0 aliphatic heterocycles. The van der Waals surface area contributed by atoms with Gasteiger partial charge in [-0.05, 0) is 58.4 Å². The summed E-state index contributed by atoms with van der Waals surface area (Å²) in [7, 11) is 3.54. The Bertz CT molecular complexity index is 1070. The van der Waals surface area contributed by atoms with E-state index in [1.54, 1.807) is 11.8 Å². The van der Waals surface area contributed by atoms with Crippen molar-refractivity contribution in [2.75, 3.05) is 20.3 Å². The Labute approximate surface area is 215 Å². The van der Waals surface area contributed by atoms with Crippen LogP contribution in [0.3, 0.4) is 0 Å². The van der Waals surface area contributed by atoms with Gasteiger partial charge in [-0.15, -0.1) is 0 Å². The van der Waals surface area contributed by atoms with E-state index in [0.717, 1.165) is 29.0 Å². The molecule has 7 heteroatoms. The highest BCUT2D eigenvalue weighted by Gasteiger charge is 2.26. The number of rotatable bonds is 12. The number of benzene rings is 2. The van der Waals surface area contributed by atoms with Gasteiger partial charge in [0.15, 0.2) is 0 Å². The molecule has 0 bridgehead atoms. The Hall–Kier alpha value is -2.87. The maximum atomic E-state index is 10.8. The Balaban J connectivity index is 1.95. The van der Waals surface area contributed by atoms with Crippen LogP contribution in [0.5, 0.6) is 17.4 Å². The van der Waals surface area contributed by atoms with Gasteiger partial charge in [0.05, 0.1) is 31.0 Å². The number of aromatic nitrogens is 2. The molecule has 0 radical (unpaired) electrons. The van der Waals surface area contributed by atoms with Crippen molar-refractivity contribution in [2.45, 2.75) is 65.3 Å². The first-order valence-electron chi connectivity index (χ1n) is 12.6. The van der Waals surface area contributed by atoms with Crippen LogP contribution in [-0.2, 0) is 18.3 Å². The summed E-state index contributed by atoms with van der Waals surface area (Å²) in [4.78, 5) is 2.28. The Morgan fingerprint density at radius 1 is 1.03 bits per heavy atom. The summed E-state index contributed by atoms with van der Waals surface area (Å²) < 4.78 is 19.3. The molecule has 2 aromatic carbocycles. The molecule has 0 aliphatic carbocycles. The molecule has 1 N–H and O–H groups in total. The molecular weight excluding hydrogens is 454 g/mol. The highest BCUT2D eigenvalue weighted by Crippen LogP contribution is 2.35. The lowest BCUT2D eigenvalue weighted by Crippen LogP contribution is -2.41. The number of methoxy groups -OCH3 is 1. The first kappa shape index (κ1) is 27.7. The summed E-state index contributed by atoms with van der Waals surface area (Å²) in [5.74, 6) is 2.15. The van der Waals surface area contributed by atoms with Gasteiger partial charge in [0.25, 0.3) is 0 Å². The fourth-order valence-corrected chi connectivity index (χ4v) is 3.94. The van der Waals surface area contributed by atoms with Crippen LogP contribution in [-0.4, -0.2) is 57.8 Å². The fourth-order valence-electron chi connectivity index (χ4n) is 3.94. The lowest BCUT2D eigenvalue weighted by molar-refractivity contribution is -0.0593. The first-order chi connectivity index (χ1) is 17.1. The molecule has 2 atom stereocenters. The number of aliphatic hydroxyl groups is 1. The largest absolute Gasteiger partial charge is 0.497 e. The van der Waals surface area contributed by atoms with Crippen LogP contribution in [0.4, 0.5) is 0 Å². The minimum absolute atomic E-state index is 0.243. The summed E-state index contributed by atoms with van der Waals surface area (Å²) in [6, 6.07) is 17.9. The second kappa shape index (κ2) is 12.4. The van der Waals surface area contributed by atoms with E-state index in [9.17, 15) is 5.11 Å². The second-order valence-corrected chi connectivity index (χ2v) is 10.2. The maximum Gasteiger partial charge on any atom is 0.222 e. The van der Waals surface area contributed by atoms with Gasteiger partial charge < -0.3 is 19.3 Å². The zero-order valence-electron chi connectivity index (χ0n) is 22.7. The standard InChI is InChI=1S/C29H41N3O4/c1-8-21(2)32(18-23(33)20-35-29(3,4)5)19-26-27(22-12-10-9-11-13-22)30-31(6)28(26)36-25-16-14-24(34-7)15-17-25/h9-17,21,23,33H,8,18-20H2,1-7H3. The SMILES string of the molecule is CCC(C)N(Cc1c(-c2ccccc2)nn(C)c1Oc1ccc(OC)cc1)CC(O)COC(C)(C)C. The van der Waals surface area contributed by atoms with Crippen LogP contribution in [0.25, 0.3) is 11.3 Å². The Morgan fingerprint density at radius 2 is 1.67 bits per heavy atom. The van der Waals surface area contributed by atoms with E-state index >= 15 is 0 Å². The van der Waals surface area contributed by atoms with Crippen molar-refractivity contribution in [3.63, 3.8) is 0 Å². The number of aliphatic hydroxyl groups excluding tert-OH is 1. The molecule has 7 nitrogen and oxygen atoms in total. The van der Waals surface area contributed by atoms with Crippen molar-refractivity contribution in [2.24, 2.45) is 7.05 Å². The summed E-state index contributed by atoms with van der Waals surface area (Å²) in [5.41, 5.74) is 2.57. The van der Waals surface area contributed by atoms with Gasteiger partial charge >= 0.3 is 0 Å². The zero-order valence-corrected chi connectivity index (χ0v) is 22.7. The second-order valence-electron chi connectivity index (χ2n) is 10.2. The van der Waals surface area contributed by atoms with Crippen molar-refractivity contribution in [3.8, 4) is 28.6 Å². The van der Waals surface area contributed by atoms with E-state index in [0.29, 0.717) is 24.7 Å². The molecule has 196 valence electrons. The maximum absolute atomic E-state index is 10.8. The van der Waals surface area contributed by atoms with Crippen LogP contribution < -0.4 is 9.47 Å². The number of hydrogen-bond acceptors (Lipinski definition) is 6. The van der Waals surface area contributed by atoms with Gasteiger partial charge in [-0.2, -0.15) is 5.10 Å². The molecule has 1 heterocycles. The highest BCUT2D eigenvalue weighted by molar-refractivity contribution is 5.65. The molecule has 0 fully saturated rings. The molecule has 3 aromatic rings. The van der Waals surface area contributed by atoms with Gasteiger partial charge in [0.1, 0.15) is 17.2 Å². The van der Waals surface area contributed by atoms with E-state index in [1.807, 2.05) is 70.3 Å². The van der Waals surface area contributed by atoms with Gasteiger partial charge in [0, 0.05) is 31.7 Å². The minimum atomic E-state index is -0.610. The quantitative estimate of drug-likeness (QED) is 0.349. The lowest BCUT2D eigenvalue weighted by atomic mass is 10.1. The van der Waals surface area contributed by atoms with Crippen molar-refractivity contribution in [1.82, 2.24) is 14.7 Å². The Morgan fingerprint density at radius 3 is 2.25 bits per heavy atom. The molecule has 2 unspecified atom stereocenters. The van der Waals surface area contributed by atoms with Crippen molar-refractivity contribution < 1.29 is 19.3 Å². The summed E-state index contributed by atoms with van der Waals surface area (Å²) in [6.45, 7) is 11.7. The molecular formula is C29H41N3O4. The van der Waals surface area contributed by atoms with E-state index < -0.39 is 6.10 Å². The third-order valence-corrected chi connectivity index (χ3v) is 6.14. The molecule has 1 aromatic heterocycles. The van der Waals surface area contributed by atoms with Gasteiger partial charge in [-0.25, -0.2) is 4.68 Å². The molecule has 0 aliphatic rings. The average molecular weight is 496 g/mol. The summed E-state index contributed by atoms with van der Waals surface area (Å²) >= 11 is 0. The fraction of sp³-hybridized carbons (Fsp3) is 0.483. The van der Waals surface area contributed by atoms with E-state index in [2.05, 4.69) is 30.9 Å². The van der Waals surface area contributed by atoms with Crippen LogP contribution in [0, 0.1) is 0 Å². The first-order valence-corrected chi connectivity index (χ1v) is 12.6. The lowest BCUT2D eigenvalue weighted by Gasteiger charge is -2.31. The van der Waals surface area contributed by atoms with Gasteiger partial charge in [-0.1, -0.05) is 37.3 Å². The third-order valence-electron chi connectivity index (χ3n) is 6.14.